The lowest BCUT2D eigenvalue weighted by Crippen LogP contribution is -2.34. The number of ether oxygens (including phenoxy) is 2. The van der Waals surface area contributed by atoms with Crippen molar-refractivity contribution in [1.29, 1.82) is 0 Å². The average Bonchev–Trinajstić information content (AvgIpc) is 3.25. The van der Waals surface area contributed by atoms with Crippen molar-refractivity contribution in [2.45, 2.75) is 6.54 Å². The van der Waals surface area contributed by atoms with E-state index < -0.39 is 0 Å². The molecule has 0 saturated heterocycles. The number of hydrogen-bond donors (Lipinski definition) is 1. The summed E-state index contributed by atoms with van der Waals surface area (Å²) in [5, 5.41) is 2.76. The number of thiophene rings is 1. The Morgan fingerprint density at radius 2 is 1.87 bits per heavy atom. The third-order valence-corrected chi connectivity index (χ3v) is 5.79. The van der Waals surface area contributed by atoms with Crippen LogP contribution in [0.25, 0.3) is 20.7 Å². The zero-order valence-corrected chi connectivity index (χ0v) is 17.7. The van der Waals surface area contributed by atoms with Crippen LogP contribution < -0.4 is 20.3 Å². The Hall–Kier alpha value is -3.65. The Kier molecular flexibility index (Phi) is 6.28. The molecule has 4 rings (SSSR count). The van der Waals surface area contributed by atoms with Gasteiger partial charge in [-0.3, -0.25) is 14.2 Å². The van der Waals surface area contributed by atoms with E-state index in [9.17, 15) is 9.59 Å². The van der Waals surface area contributed by atoms with E-state index in [0.29, 0.717) is 23.4 Å². The standard InChI is InChI=1S/C23H21N3O4S/c1-29-17-9-7-16(8-10-17)20-13-19-22(31-20)23(28)26(15-25-19)14-21(27)24-11-12-30-18-5-3-2-4-6-18/h2-10,13,15H,11-12,14H2,1H3,(H,24,27). The van der Waals surface area contributed by atoms with E-state index >= 15 is 0 Å². The number of benzene rings is 2. The van der Waals surface area contributed by atoms with Crippen LogP contribution in [0, 0.1) is 0 Å². The monoisotopic (exact) mass is 435 g/mol. The minimum Gasteiger partial charge on any atom is -0.497 e. The van der Waals surface area contributed by atoms with E-state index in [1.54, 1.807) is 7.11 Å². The lowest BCUT2D eigenvalue weighted by molar-refractivity contribution is -0.121. The molecule has 0 aliphatic heterocycles. The summed E-state index contributed by atoms with van der Waals surface area (Å²) in [6.07, 6.45) is 1.41. The maximum absolute atomic E-state index is 12.8. The number of carbonyl (C=O) groups is 1. The lowest BCUT2D eigenvalue weighted by Gasteiger charge is -2.08. The van der Waals surface area contributed by atoms with Crippen LogP contribution in [0.2, 0.25) is 0 Å². The molecular formula is C23H21N3O4S. The number of nitrogens with zero attached hydrogens (tertiary/aromatic N) is 2. The summed E-state index contributed by atoms with van der Waals surface area (Å²) in [5.74, 6) is 1.24. The average molecular weight is 436 g/mol. The minimum absolute atomic E-state index is 0.0944. The highest BCUT2D eigenvalue weighted by Crippen LogP contribution is 2.31. The van der Waals surface area contributed by atoms with Crippen molar-refractivity contribution in [3.8, 4) is 21.9 Å². The van der Waals surface area contributed by atoms with Crippen molar-refractivity contribution in [3.05, 3.63) is 77.3 Å². The summed E-state index contributed by atoms with van der Waals surface area (Å²) in [4.78, 5) is 30.4. The molecule has 0 fully saturated rings. The molecule has 1 N–H and O–H groups in total. The smallest absolute Gasteiger partial charge is 0.271 e. The van der Waals surface area contributed by atoms with Crippen LogP contribution in [-0.2, 0) is 11.3 Å². The van der Waals surface area contributed by atoms with Crippen LogP contribution >= 0.6 is 11.3 Å². The summed E-state index contributed by atoms with van der Waals surface area (Å²) in [6, 6.07) is 18.9. The highest BCUT2D eigenvalue weighted by Gasteiger charge is 2.12. The van der Waals surface area contributed by atoms with Gasteiger partial charge in [-0.2, -0.15) is 0 Å². The number of hydrogen-bond acceptors (Lipinski definition) is 6. The van der Waals surface area contributed by atoms with Crippen molar-refractivity contribution >= 4 is 27.5 Å². The van der Waals surface area contributed by atoms with Gasteiger partial charge >= 0.3 is 0 Å². The predicted molar refractivity (Wildman–Crippen MR) is 121 cm³/mol. The predicted octanol–water partition coefficient (Wildman–Crippen LogP) is 3.33. The van der Waals surface area contributed by atoms with Gasteiger partial charge in [-0.05, 0) is 48.0 Å². The molecule has 0 saturated carbocycles. The molecule has 4 aromatic rings. The molecule has 8 heteroatoms. The quantitative estimate of drug-likeness (QED) is 0.429. The Balaban J connectivity index is 1.40. The number of rotatable bonds is 8. The Labute approximate surface area is 182 Å². The zero-order valence-electron chi connectivity index (χ0n) is 16.9. The van der Waals surface area contributed by atoms with Crippen LogP contribution in [0.1, 0.15) is 0 Å². The molecule has 0 aliphatic rings. The Bertz CT molecular complexity index is 1230. The summed E-state index contributed by atoms with van der Waals surface area (Å²) in [5.41, 5.74) is 1.37. The summed E-state index contributed by atoms with van der Waals surface area (Å²) < 4.78 is 12.6. The molecule has 7 nitrogen and oxygen atoms in total. The fourth-order valence-corrected chi connectivity index (χ4v) is 4.11. The molecule has 2 heterocycles. The fraction of sp³-hybridized carbons (Fsp3) is 0.174. The van der Waals surface area contributed by atoms with Crippen LogP contribution in [-0.4, -0.2) is 35.7 Å². The number of carbonyl (C=O) groups excluding carboxylic acids is 1. The molecule has 31 heavy (non-hydrogen) atoms. The number of methoxy groups -OCH3 is 1. The van der Waals surface area contributed by atoms with Crippen molar-refractivity contribution in [1.82, 2.24) is 14.9 Å². The molecule has 0 unspecified atom stereocenters. The maximum atomic E-state index is 12.8. The van der Waals surface area contributed by atoms with Crippen molar-refractivity contribution in [2.75, 3.05) is 20.3 Å². The highest BCUT2D eigenvalue weighted by atomic mass is 32.1. The molecule has 0 atom stereocenters. The number of amides is 1. The number of para-hydroxylation sites is 1. The van der Waals surface area contributed by atoms with Gasteiger partial charge in [0.15, 0.2) is 0 Å². The third-order valence-electron chi connectivity index (χ3n) is 4.63. The van der Waals surface area contributed by atoms with E-state index in [1.807, 2.05) is 60.7 Å². The van der Waals surface area contributed by atoms with Gasteiger partial charge in [0, 0.05) is 4.88 Å². The second-order valence-corrected chi connectivity index (χ2v) is 7.79. The zero-order chi connectivity index (χ0) is 21.6. The number of aromatic nitrogens is 2. The van der Waals surface area contributed by atoms with E-state index in [1.165, 1.54) is 22.2 Å². The third kappa shape index (κ3) is 4.92. The Morgan fingerprint density at radius 3 is 2.61 bits per heavy atom. The number of fused-ring (bicyclic) bond motifs is 1. The SMILES string of the molecule is COc1ccc(-c2cc3ncn(CC(=O)NCCOc4ccccc4)c(=O)c3s2)cc1. The van der Waals surface area contributed by atoms with E-state index in [4.69, 9.17) is 9.47 Å². The molecule has 1 amide bonds. The van der Waals surface area contributed by atoms with Crippen LogP contribution in [0.4, 0.5) is 0 Å². The molecule has 0 aliphatic carbocycles. The lowest BCUT2D eigenvalue weighted by atomic mass is 10.2. The molecule has 2 aromatic carbocycles. The van der Waals surface area contributed by atoms with E-state index in [0.717, 1.165) is 21.9 Å². The van der Waals surface area contributed by atoms with Gasteiger partial charge in [0.1, 0.15) is 29.4 Å². The molecular weight excluding hydrogens is 414 g/mol. The van der Waals surface area contributed by atoms with E-state index in [2.05, 4.69) is 10.3 Å². The number of nitrogens with one attached hydrogen (secondary N) is 1. The molecule has 0 bridgehead atoms. The van der Waals surface area contributed by atoms with Crippen LogP contribution in [0.15, 0.2) is 71.8 Å². The first kappa shape index (κ1) is 20.6. The van der Waals surface area contributed by atoms with Gasteiger partial charge in [-0.25, -0.2) is 4.98 Å². The fourth-order valence-electron chi connectivity index (χ4n) is 3.04. The van der Waals surface area contributed by atoms with Gasteiger partial charge in [0.25, 0.3) is 5.56 Å². The van der Waals surface area contributed by atoms with Crippen molar-refractivity contribution < 1.29 is 14.3 Å². The first-order valence-corrected chi connectivity index (χ1v) is 10.5. The molecule has 2 aromatic heterocycles. The second-order valence-electron chi connectivity index (χ2n) is 6.74. The largest absolute Gasteiger partial charge is 0.497 e. The van der Waals surface area contributed by atoms with Gasteiger partial charge in [-0.15, -0.1) is 11.3 Å². The summed E-state index contributed by atoms with van der Waals surface area (Å²) in [7, 11) is 1.62. The van der Waals surface area contributed by atoms with Gasteiger partial charge in [0.05, 0.1) is 25.5 Å². The molecule has 0 radical (unpaired) electrons. The topological polar surface area (TPSA) is 82.5 Å². The van der Waals surface area contributed by atoms with Gasteiger partial charge in [-0.1, -0.05) is 18.2 Å². The maximum Gasteiger partial charge on any atom is 0.271 e. The van der Waals surface area contributed by atoms with Crippen molar-refractivity contribution in [2.24, 2.45) is 0 Å². The summed E-state index contributed by atoms with van der Waals surface area (Å²) in [6.45, 7) is 0.597. The Morgan fingerprint density at radius 1 is 1.10 bits per heavy atom. The molecule has 158 valence electrons. The van der Waals surface area contributed by atoms with Gasteiger partial charge in [0.2, 0.25) is 5.91 Å². The van der Waals surface area contributed by atoms with E-state index in [-0.39, 0.29) is 18.0 Å². The van der Waals surface area contributed by atoms with Crippen LogP contribution in [0.3, 0.4) is 0 Å². The van der Waals surface area contributed by atoms with Crippen molar-refractivity contribution in [3.63, 3.8) is 0 Å². The molecule has 0 spiro atoms. The normalized spacial score (nSPS) is 10.7. The second kappa shape index (κ2) is 9.44. The van der Waals surface area contributed by atoms with Crippen LogP contribution in [0.5, 0.6) is 11.5 Å². The highest BCUT2D eigenvalue weighted by molar-refractivity contribution is 7.22. The first-order valence-electron chi connectivity index (χ1n) is 9.72. The first-order chi connectivity index (χ1) is 15.1. The summed E-state index contributed by atoms with van der Waals surface area (Å²) >= 11 is 1.36. The minimum atomic E-state index is -0.271. The van der Waals surface area contributed by atoms with Gasteiger partial charge < -0.3 is 14.8 Å².